The monoisotopic (exact) mass is 299 g/mol. The Morgan fingerprint density at radius 3 is 2.24 bits per heavy atom. The molecule has 2 N–H and O–H groups in total. The van der Waals surface area contributed by atoms with Crippen molar-refractivity contribution >= 4 is 11.9 Å². The van der Waals surface area contributed by atoms with Crippen molar-refractivity contribution in [2.75, 3.05) is 6.54 Å². The number of aromatic carboxylic acids is 1. The third-order valence-electron chi connectivity index (χ3n) is 3.03. The molecule has 1 amide bonds. The largest absolute Gasteiger partial charge is 0.478 e. The second-order valence-electron chi connectivity index (χ2n) is 5.26. The molecule has 21 heavy (non-hydrogen) atoms. The fraction of sp³-hybridized carbons (Fsp3) is 0.467. The van der Waals surface area contributed by atoms with Crippen molar-refractivity contribution in [3.8, 4) is 0 Å². The third kappa shape index (κ3) is 5.13. The quantitative estimate of drug-likeness (QED) is 0.760. The summed E-state index contributed by atoms with van der Waals surface area (Å²) in [6.07, 6.45) is 2.71. The number of carbonyl (C=O) groups is 2. The van der Waals surface area contributed by atoms with Crippen LogP contribution in [0.2, 0.25) is 0 Å². The topological polar surface area (TPSA) is 66.4 Å². The van der Waals surface area contributed by atoms with Gasteiger partial charge in [0.25, 0.3) is 5.91 Å². The summed E-state index contributed by atoms with van der Waals surface area (Å²) in [5, 5.41) is 11.5. The Balaban J connectivity index is 2.69. The van der Waals surface area contributed by atoms with Crippen LogP contribution in [0.15, 0.2) is 12.1 Å². The SMILES string of the molecule is CC(C)CCCCNC(=O)c1cc(F)c(F)cc1C(=O)O. The summed E-state index contributed by atoms with van der Waals surface area (Å²) in [6, 6.07) is 1.13. The lowest BCUT2D eigenvalue weighted by Gasteiger charge is -2.09. The average molecular weight is 299 g/mol. The number of hydrogen-bond donors (Lipinski definition) is 2. The first-order valence-corrected chi connectivity index (χ1v) is 6.83. The zero-order valence-electron chi connectivity index (χ0n) is 12.1. The molecule has 0 saturated carbocycles. The van der Waals surface area contributed by atoms with Gasteiger partial charge in [0, 0.05) is 6.54 Å². The molecule has 1 aromatic rings. The first-order valence-electron chi connectivity index (χ1n) is 6.83. The van der Waals surface area contributed by atoms with E-state index in [1.165, 1.54) is 0 Å². The van der Waals surface area contributed by atoms with E-state index >= 15 is 0 Å². The van der Waals surface area contributed by atoms with Crippen molar-refractivity contribution in [1.82, 2.24) is 5.32 Å². The minimum atomic E-state index is -1.47. The van der Waals surface area contributed by atoms with Gasteiger partial charge in [-0.15, -0.1) is 0 Å². The van der Waals surface area contributed by atoms with Crippen LogP contribution in [-0.2, 0) is 0 Å². The molecule has 0 heterocycles. The van der Waals surface area contributed by atoms with Gasteiger partial charge in [0.05, 0.1) is 11.1 Å². The molecule has 0 atom stereocenters. The summed E-state index contributed by atoms with van der Waals surface area (Å²) in [4.78, 5) is 22.8. The molecule has 0 aliphatic carbocycles. The van der Waals surface area contributed by atoms with Crippen molar-refractivity contribution in [1.29, 1.82) is 0 Å². The molecule has 0 saturated heterocycles. The molecule has 0 fully saturated rings. The van der Waals surface area contributed by atoms with E-state index in [-0.39, 0.29) is 5.56 Å². The molecule has 1 rings (SSSR count). The molecule has 6 heteroatoms. The first kappa shape index (κ1) is 17.1. The van der Waals surface area contributed by atoms with Crippen molar-refractivity contribution < 1.29 is 23.5 Å². The van der Waals surface area contributed by atoms with E-state index < -0.39 is 29.1 Å². The maximum atomic E-state index is 13.2. The van der Waals surface area contributed by atoms with Crippen LogP contribution in [0, 0.1) is 17.6 Å². The van der Waals surface area contributed by atoms with Crippen LogP contribution in [0.4, 0.5) is 8.78 Å². The predicted octanol–water partition coefficient (Wildman–Crippen LogP) is 3.22. The highest BCUT2D eigenvalue weighted by molar-refractivity contribution is 6.04. The summed E-state index contributed by atoms with van der Waals surface area (Å²) in [6.45, 7) is 4.56. The highest BCUT2D eigenvalue weighted by Gasteiger charge is 2.20. The number of unbranched alkanes of at least 4 members (excludes halogenated alkanes) is 1. The Morgan fingerprint density at radius 1 is 1.14 bits per heavy atom. The minimum absolute atomic E-state index is 0.365. The van der Waals surface area contributed by atoms with Gasteiger partial charge in [-0.05, 0) is 24.5 Å². The van der Waals surface area contributed by atoms with Gasteiger partial charge < -0.3 is 10.4 Å². The minimum Gasteiger partial charge on any atom is -0.478 e. The number of hydrogen-bond acceptors (Lipinski definition) is 2. The van der Waals surface area contributed by atoms with E-state index in [1.54, 1.807) is 0 Å². The third-order valence-corrected chi connectivity index (χ3v) is 3.03. The number of amides is 1. The summed E-state index contributed by atoms with van der Waals surface area (Å²) in [5.74, 6) is -4.15. The van der Waals surface area contributed by atoms with E-state index in [9.17, 15) is 18.4 Å². The summed E-state index contributed by atoms with van der Waals surface area (Å²) in [5.41, 5.74) is -0.918. The molecule has 0 radical (unpaired) electrons. The van der Waals surface area contributed by atoms with Crippen LogP contribution in [0.3, 0.4) is 0 Å². The molecule has 0 spiro atoms. The Bertz CT molecular complexity index is 530. The molecule has 0 unspecified atom stereocenters. The van der Waals surface area contributed by atoms with Crippen LogP contribution in [0.5, 0.6) is 0 Å². The zero-order chi connectivity index (χ0) is 16.0. The molecular weight excluding hydrogens is 280 g/mol. The van der Waals surface area contributed by atoms with Gasteiger partial charge in [0.2, 0.25) is 0 Å². The molecule has 1 aromatic carbocycles. The van der Waals surface area contributed by atoms with Crippen LogP contribution in [0.25, 0.3) is 0 Å². The van der Waals surface area contributed by atoms with Gasteiger partial charge in [-0.1, -0.05) is 26.7 Å². The van der Waals surface area contributed by atoms with E-state index in [4.69, 9.17) is 5.11 Å². The second kappa shape index (κ2) is 7.71. The fourth-order valence-corrected chi connectivity index (χ4v) is 1.89. The van der Waals surface area contributed by atoms with E-state index in [2.05, 4.69) is 19.2 Å². The van der Waals surface area contributed by atoms with Gasteiger partial charge in [0.15, 0.2) is 11.6 Å². The van der Waals surface area contributed by atoms with Crippen LogP contribution >= 0.6 is 0 Å². The standard InChI is InChI=1S/C15H19F2NO3/c1-9(2)5-3-4-6-18-14(19)10-7-12(16)13(17)8-11(10)15(20)21/h7-9H,3-6H2,1-2H3,(H,18,19)(H,20,21). The van der Waals surface area contributed by atoms with E-state index in [1.807, 2.05) is 0 Å². The smallest absolute Gasteiger partial charge is 0.336 e. The number of carboxylic acid groups (broad SMARTS) is 1. The Labute approximate surface area is 122 Å². The van der Waals surface area contributed by atoms with Crippen molar-refractivity contribution in [3.63, 3.8) is 0 Å². The Morgan fingerprint density at radius 2 is 1.71 bits per heavy atom. The molecule has 0 bridgehead atoms. The normalized spacial score (nSPS) is 10.7. The average Bonchev–Trinajstić information content (AvgIpc) is 2.40. The lowest BCUT2D eigenvalue weighted by Crippen LogP contribution is -2.26. The highest BCUT2D eigenvalue weighted by Crippen LogP contribution is 2.15. The van der Waals surface area contributed by atoms with Crippen molar-refractivity contribution in [2.45, 2.75) is 33.1 Å². The van der Waals surface area contributed by atoms with Gasteiger partial charge >= 0.3 is 5.97 Å². The molecule has 4 nitrogen and oxygen atoms in total. The summed E-state index contributed by atoms with van der Waals surface area (Å²) >= 11 is 0. The number of carbonyl (C=O) groups excluding carboxylic acids is 1. The van der Waals surface area contributed by atoms with Crippen molar-refractivity contribution in [3.05, 3.63) is 34.9 Å². The summed E-state index contributed by atoms with van der Waals surface area (Å²) < 4.78 is 26.2. The van der Waals surface area contributed by atoms with Gasteiger partial charge in [0.1, 0.15) is 0 Å². The second-order valence-corrected chi connectivity index (χ2v) is 5.26. The molecule has 0 aromatic heterocycles. The number of nitrogens with one attached hydrogen (secondary N) is 1. The van der Waals surface area contributed by atoms with E-state index in [0.717, 1.165) is 19.3 Å². The lowest BCUT2D eigenvalue weighted by atomic mass is 10.1. The molecule has 0 aliphatic heterocycles. The zero-order valence-corrected chi connectivity index (χ0v) is 12.1. The first-order chi connectivity index (χ1) is 9.82. The van der Waals surface area contributed by atoms with Crippen LogP contribution in [-0.4, -0.2) is 23.5 Å². The number of rotatable bonds is 7. The number of benzene rings is 1. The fourth-order valence-electron chi connectivity index (χ4n) is 1.89. The van der Waals surface area contributed by atoms with Gasteiger partial charge in [-0.25, -0.2) is 13.6 Å². The van der Waals surface area contributed by atoms with Gasteiger partial charge in [-0.2, -0.15) is 0 Å². The predicted molar refractivity (Wildman–Crippen MR) is 74.3 cm³/mol. The maximum absolute atomic E-state index is 13.2. The van der Waals surface area contributed by atoms with Crippen molar-refractivity contribution in [2.24, 2.45) is 5.92 Å². The molecular formula is C15H19F2NO3. The Hall–Kier alpha value is -1.98. The maximum Gasteiger partial charge on any atom is 0.336 e. The summed E-state index contributed by atoms with van der Waals surface area (Å²) in [7, 11) is 0. The highest BCUT2D eigenvalue weighted by atomic mass is 19.2. The van der Waals surface area contributed by atoms with Crippen LogP contribution < -0.4 is 5.32 Å². The Kier molecular flexibility index (Phi) is 6.27. The molecule has 0 aliphatic rings. The number of carboxylic acids is 1. The van der Waals surface area contributed by atoms with E-state index in [0.29, 0.717) is 24.6 Å². The molecule has 116 valence electrons. The number of halogens is 2. The van der Waals surface area contributed by atoms with Gasteiger partial charge in [-0.3, -0.25) is 4.79 Å². The lowest BCUT2D eigenvalue weighted by molar-refractivity contribution is 0.0690. The van der Waals surface area contributed by atoms with Crippen LogP contribution in [0.1, 0.15) is 53.8 Å².